The Morgan fingerprint density at radius 1 is 1.32 bits per heavy atom. The lowest BCUT2D eigenvalue weighted by Crippen LogP contribution is -2.11. The van der Waals surface area contributed by atoms with E-state index >= 15 is 0 Å². The molecule has 0 aliphatic rings. The minimum Gasteiger partial charge on any atom is -0.439 e. The van der Waals surface area contributed by atoms with E-state index in [1.54, 1.807) is 12.1 Å². The summed E-state index contributed by atoms with van der Waals surface area (Å²) in [5, 5.41) is 3.07. The van der Waals surface area contributed by atoms with Gasteiger partial charge < -0.3 is 15.8 Å². The molecule has 19 heavy (non-hydrogen) atoms. The van der Waals surface area contributed by atoms with Crippen molar-refractivity contribution in [3.05, 3.63) is 53.7 Å². The van der Waals surface area contributed by atoms with Crippen molar-refractivity contribution in [1.29, 1.82) is 0 Å². The number of hydrogen-bond acceptors (Lipinski definition) is 4. The fraction of sp³-hybridized carbons (Fsp3) is 0.143. The Bertz CT molecular complexity index is 567. The van der Waals surface area contributed by atoms with E-state index < -0.39 is 5.91 Å². The molecule has 5 heteroatoms. The number of rotatable bonds is 5. The maximum Gasteiger partial charge on any atom is 0.250 e. The molecule has 0 saturated heterocycles. The lowest BCUT2D eigenvalue weighted by molar-refractivity contribution is 0.1000. The summed E-state index contributed by atoms with van der Waals surface area (Å²) in [7, 11) is 1.87. The number of nitrogens with one attached hydrogen (secondary N) is 1. The molecule has 0 spiro atoms. The van der Waals surface area contributed by atoms with E-state index in [2.05, 4.69) is 10.3 Å². The molecule has 1 heterocycles. The highest BCUT2D eigenvalue weighted by Crippen LogP contribution is 2.23. The average Bonchev–Trinajstić information content (AvgIpc) is 2.42. The number of aromatic nitrogens is 1. The quantitative estimate of drug-likeness (QED) is 0.854. The topological polar surface area (TPSA) is 77.2 Å². The van der Waals surface area contributed by atoms with Gasteiger partial charge in [0.2, 0.25) is 11.8 Å². The Kier molecular flexibility index (Phi) is 4.10. The molecule has 0 atom stereocenters. The number of pyridine rings is 1. The number of hydrogen-bond donors (Lipinski definition) is 2. The SMILES string of the molecule is CNCc1ccccc1Oc1ccc(C(N)=O)cn1. The average molecular weight is 257 g/mol. The lowest BCUT2D eigenvalue weighted by Gasteiger charge is -2.10. The Hall–Kier alpha value is -2.40. The number of nitrogens with zero attached hydrogens (tertiary/aromatic N) is 1. The standard InChI is InChI=1S/C14H15N3O2/c1-16-8-10-4-2-3-5-12(10)19-13-7-6-11(9-17-13)14(15)18/h2-7,9,16H,8H2,1H3,(H2,15,18). The van der Waals surface area contributed by atoms with Crippen molar-refractivity contribution >= 4 is 5.91 Å². The third-order valence-corrected chi connectivity index (χ3v) is 2.58. The number of carbonyl (C=O) groups excluding carboxylic acids is 1. The molecule has 2 rings (SSSR count). The molecule has 0 bridgehead atoms. The molecule has 0 saturated carbocycles. The third kappa shape index (κ3) is 3.29. The molecule has 0 unspecified atom stereocenters. The summed E-state index contributed by atoms with van der Waals surface area (Å²) in [6.45, 7) is 0.704. The number of benzene rings is 1. The highest BCUT2D eigenvalue weighted by Gasteiger charge is 2.06. The molecule has 1 amide bonds. The zero-order valence-electron chi connectivity index (χ0n) is 10.6. The van der Waals surface area contributed by atoms with Crippen LogP contribution in [-0.4, -0.2) is 17.9 Å². The maximum atomic E-state index is 10.9. The Balaban J connectivity index is 2.19. The maximum absolute atomic E-state index is 10.9. The van der Waals surface area contributed by atoms with Gasteiger partial charge in [-0.15, -0.1) is 0 Å². The second kappa shape index (κ2) is 5.97. The number of carbonyl (C=O) groups is 1. The van der Waals surface area contributed by atoms with Gasteiger partial charge in [0.15, 0.2) is 0 Å². The molecule has 1 aromatic heterocycles. The minimum atomic E-state index is -0.505. The number of para-hydroxylation sites is 1. The number of nitrogens with two attached hydrogens (primary N) is 1. The zero-order valence-corrected chi connectivity index (χ0v) is 10.6. The van der Waals surface area contributed by atoms with Crippen LogP contribution >= 0.6 is 0 Å². The first-order valence-corrected chi connectivity index (χ1v) is 5.87. The molecule has 0 aliphatic heterocycles. The first-order chi connectivity index (χ1) is 9.20. The van der Waals surface area contributed by atoms with E-state index in [0.29, 0.717) is 18.0 Å². The molecule has 5 nitrogen and oxygen atoms in total. The monoisotopic (exact) mass is 257 g/mol. The second-order valence-corrected chi connectivity index (χ2v) is 3.99. The van der Waals surface area contributed by atoms with E-state index in [-0.39, 0.29) is 0 Å². The van der Waals surface area contributed by atoms with Gasteiger partial charge in [-0.1, -0.05) is 18.2 Å². The third-order valence-electron chi connectivity index (χ3n) is 2.58. The lowest BCUT2D eigenvalue weighted by atomic mass is 10.2. The van der Waals surface area contributed by atoms with Crippen LogP contribution in [0, 0.1) is 0 Å². The molecular weight excluding hydrogens is 242 g/mol. The summed E-state index contributed by atoms with van der Waals surface area (Å²) in [6.07, 6.45) is 1.40. The van der Waals surface area contributed by atoms with Crippen LogP contribution in [0.2, 0.25) is 0 Å². The number of amides is 1. The zero-order chi connectivity index (χ0) is 13.7. The predicted molar refractivity (Wildman–Crippen MR) is 72.0 cm³/mol. The Morgan fingerprint density at radius 3 is 2.74 bits per heavy atom. The number of ether oxygens (including phenoxy) is 1. The van der Waals surface area contributed by atoms with Crippen LogP contribution in [0.15, 0.2) is 42.6 Å². The number of primary amides is 1. The molecule has 0 aliphatic carbocycles. The van der Waals surface area contributed by atoms with Crippen LogP contribution < -0.4 is 15.8 Å². The van der Waals surface area contributed by atoms with Gasteiger partial charge >= 0.3 is 0 Å². The van der Waals surface area contributed by atoms with E-state index in [4.69, 9.17) is 10.5 Å². The fourth-order valence-electron chi connectivity index (χ4n) is 1.64. The second-order valence-electron chi connectivity index (χ2n) is 3.99. The highest BCUT2D eigenvalue weighted by atomic mass is 16.5. The predicted octanol–water partition coefficient (Wildman–Crippen LogP) is 1.69. The van der Waals surface area contributed by atoms with Crippen LogP contribution in [0.25, 0.3) is 0 Å². The van der Waals surface area contributed by atoms with Crippen LogP contribution in [-0.2, 0) is 6.54 Å². The van der Waals surface area contributed by atoms with Crippen LogP contribution in [0.1, 0.15) is 15.9 Å². The molecule has 0 fully saturated rings. The largest absolute Gasteiger partial charge is 0.439 e. The summed E-state index contributed by atoms with van der Waals surface area (Å²) < 4.78 is 5.69. The van der Waals surface area contributed by atoms with Crippen molar-refractivity contribution in [3.63, 3.8) is 0 Å². The van der Waals surface area contributed by atoms with E-state index in [0.717, 1.165) is 11.3 Å². The van der Waals surface area contributed by atoms with Gasteiger partial charge in [-0.2, -0.15) is 0 Å². The van der Waals surface area contributed by atoms with Crippen LogP contribution in [0.3, 0.4) is 0 Å². The normalized spacial score (nSPS) is 10.2. The van der Waals surface area contributed by atoms with Gasteiger partial charge in [0.25, 0.3) is 0 Å². The summed E-state index contributed by atoms with van der Waals surface area (Å²) in [4.78, 5) is 15.0. The van der Waals surface area contributed by atoms with Crippen molar-refractivity contribution in [2.24, 2.45) is 5.73 Å². The van der Waals surface area contributed by atoms with E-state index in [9.17, 15) is 4.79 Å². The highest BCUT2D eigenvalue weighted by molar-refractivity contribution is 5.92. The van der Waals surface area contributed by atoms with Gasteiger partial charge in [0.05, 0.1) is 5.56 Å². The van der Waals surface area contributed by atoms with E-state index in [1.165, 1.54) is 6.20 Å². The van der Waals surface area contributed by atoms with Crippen LogP contribution in [0.5, 0.6) is 11.6 Å². The molecule has 0 radical (unpaired) electrons. The van der Waals surface area contributed by atoms with Crippen molar-refractivity contribution < 1.29 is 9.53 Å². The first-order valence-electron chi connectivity index (χ1n) is 5.87. The van der Waals surface area contributed by atoms with E-state index in [1.807, 2.05) is 31.3 Å². The van der Waals surface area contributed by atoms with Gasteiger partial charge in [-0.05, 0) is 19.2 Å². The van der Waals surface area contributed by atoms with Gasteiger partial charge in [-0.25, -0.2) is 4.98 Å². The molecular formula is C14H15N3O2. The molecule has 1 aromatic carbocycles. The van der Waals surface area contributed by atoms with Crippen LogP contribution in [0.4, 0.5) is 0 Å². The molecule has 98 valence electrons. The Morgan fingerprint density at radius 2 is 2.11 bits per heavy atom. The molecule has 2 aromatic rings. The van der Waals surface area contributed by atoms with Crippen molar-refractivity contribution in [3.8, 4) is 11.6 Å². The smallest absolute Gasteiger partial charge is 0.250 e. The summed E-state index contributed by atoms with van der Waals surface area (Å²) >= 11 is 0. The summed E-state index contributed by atoms with van der Waals surface area (Å²) in [5.41, 5.74) is 6.54. The summed E-state index contributed by atoms with van der Waals surface area (Å²) in [6, 6.07) is 10.9. The first kappa shape index (κ1) is 13.0. The summed E-state index contributed by atoms with van der Waals surface area (Å²) in [5.74, 6) is 0.652. The van der Waals surface area contributed by atoms with Crippen molar-refractivity contribution in [2.75, 3.05) is 7.05 Å². The van der Waals surface area contributed by atoms with Gasteiger partial charge in [0, 0.05) is 24.4 Å². The van der Waals surface area contributed by atoms with Crippen molar-refractivity contribution in [2.45, 2.75) is 6.54 Å². The van der Waals surface area contributed by atoms with Crippen molar-refractivity contribution in [1.82, 2.24) is 10.3 Å². The Labute approximate surface area is 111 Å². The fourth-order valence-corrected chi connectivity index (χ4v) is 1.64. The minimum absolute atomic E-state index is 0.357. The van der Waals surface area contributed by atoms with Gasteiger partial charge in [0.1, 0.15) is 5.75 Å². The molecule has 3 N–H and O–H groups in total. The van der Waals surface area contributed by atoms with Gasteiger partial charge in [-0.3, -0.25) is 4.79 Å².